The topological polar surface area (TPSA) is 95.4 Å². The van der Waals surface area contributed by atoms with E-state index in [9.17, 15) is 4.79 Å². The van der Waals surface area contributed by atoms with Crippen LogP contribution in [0.3, 0.4) is 0 Å². The molecule has 4 rings (SSSR count). The monoisotopic (exact) mass is 362 g/mol. The molecule has 1 amide bonds. The highest BCUT2D eigenvalue weighted by molar-refractivity contribution is 6.06. The van der Waals surface area contributed by atoms with Crippen LogP contribution in [-0.2, 0) is 7.05 Å². The fraction of sp³-hybridized carbons (Fsp3) is 0.167. The highest BCUT2D eigenvalue weighted by Crippen LogP contribution is 2.20. The van der Waals surface area contributed by atoms with E-state index in [0.717, 1.165) is 11.3 Å². The lowest BCUT2D eigenvalue weighted by molar-refractivity contribution is 0.102. The second-order valence-electron chi connectivity index (χ2n) is 6.18. The van der Waals surface area contributed by atoms with Gasteiger partial charge in [-0.15, -0.1) is 10.2 Å². The first-order valence-corrected chi connectivity index (χ1v) is 8.36. The third-order valence-electron chi connectivity index (χ3n) is 4.16. The Morgan fingerprint density at radius 2 is 1.93 bits per heavy atom. The third kappa shape index (κ3) is 2.99. The summed E-state index contributed by atoms with van der Waals surface area (Å²) in [5.74, 6) is 0.592. The average Bonchev–Trinajstić information content (AvgIpc) is 3.34. The van der Waals surface area contributed by atoms with Crippen LogP contribution in [-0.4, -0.2) is 40.2 Å². The third-order valence-corrected chi connectivity index (χ3v) is 4.16. The minimum Gasteiger partial charge on any atom is -0.290 e. The van der Waals surface area contributed by atoms with Gasteiger partial charge in [0.05, 0.1) is 17.6 Å². The van der Waals surface area contributed by atoms with Crippen molar-refractivity contribution < 1.29 is 4.79 Å². The Bertz CT molecular complexity index is 1110. The normalized spacial score (nSPS) is 10.9. The van der Waals surface area contributed by atoms with Gasteiger partial charge in [-0.25, -0.2) is 9.36 Å². The van der Waals surface area contributed by atoms with Gasteiger partial charge < -0.3 is 0 Å². The summed E-state index contributed by atoms with van der Waals surface area (Å²) in [6.07, 6.45) is 5.13. The van der Waals surface area contributed by atoms with Crippen LogP contribution in [0.5, 0.6) is 0 Å². The molecule has 0 aliphatic heterocycles. The van der Waals surface area contributed by atoms with Crippen molar-refractivity contribution in [2.24, 2.45) is 7.05 Å². The average molecular weight is 362 g/mol. The van der Waals surface area contributed by atoms with Crippen LogP contribution in [0.25, 0.3) is 11.5 Å². The lowest BCUT2D eigenvalue weighted by Crippen LogP contribution is -2.18. The van der Waals surface area contributed by atoms with Crippen LogP contribution >= 0.6 is 0 Å². The Balaban J connectivity index is 1.71. The van der Waals surface area contributed by atoms with E-state index < -0.39 is 0 Å². The van der Waals surface area contributed by atoms with Gasteiger partial charge in [-0.2, -0.15) is 10.2 Å². The number of nitrogens with zero attached hydrogens (tertiary/aromatic N) is 7. The Kier molecular flexibility index (Phi) is 4.03. The number of aromatic nitrogens is 7. The van der Waals surface area contributed by atoms with E-state index in [1.54, 1.807) is 40.4 Å². The zero-order chi connectivity index (χ0) is 19.0. The predicted molar refractivity (Wildman–Crippen MR) is 99.1 cm³/mol. The molecular formula is C18H18N8O. The largest absolute Gasteiger partial charge is 0.290 e. The molecule has 3 aromatic heterocycles. The molecule has 3 heterocycles. The molecule has 9 heteroatoms. The molecule has 4 aromatic rings. The van der Waals surface area contributed by atoms with Crippen LogP contribution < -0.4 is 5.32 Å². The summed E-state index contributed by atoms with van der Waals surface area (Å²) in [6, 6.07) is 9.55. The second kappa shape index (κ2) is 6.52. The summed E-state index contributed by atoms with van der Waals surface area (Å²) in [7, 11) is 1.78. The molecule has 0 atom stereocenters. The van der Waals surface area contributed by atoms with Crippen molar-refractivity contribution >= 4 is 11.9 Å². The summed E-state index contributed by atoms with van der Waals surface area (Å²) >= 11 is 0. The Hall–Kier alpha value is -3.75. The predicted octanol–water partition coefficient (Wildman–Crippen LogP) is 2.06. The molecule has 136 valence electrons. The van der Waals surface area contributed by atoms with E-state index in [0.29, 0.717) is 23.0 Å². The summed E-state index contributed by atoms with van der Waals surface area (Å²) in [4.78, 5) is 13.0. The SMILES string of the molecule is Cc1cnn(-c2c(C(=O)Nc3nncn3-c3ccccc3)c(C)nn2C)c1. The zero-order valence-corrected chi connectivity index (χ0v) is 15.2. The molecule has 0 bridgehead atoms. The molecule has 0 fully saturated rings. The molecule has 1 aromatic carbocycles. The maximum atomic E-state index is 13.0. The Morgan fingerprint density at radius 3 is 2.63 bits per heavy atom. The number of benzene rings is 1. The number of carbonyl (C=O) groups excluding carboxylic acids is 1. The maximum Gasteiger partial charge on any atom is 0.263 e. The van der Waals surface area contributed by atoms with Gasteiger partial charge in [-0.05, 0) is 31.5 Å². The lowest BCUT2D eigenvalue weighted by Gasteiger charge is -2.09. The van der Waals surface area contributed by atoms with Crippen molar-refractivity contribution in [3.63, 3.8) is 0 Å². The van der Waals surface area contributed by atoms with E-state index in [-0.39, 0.29) is 5.91 Å². The number of hydrogen-bond acceptors (Lipinski definition) is 5. The lowest BCUT2D eigenvalue weighted by atomic mass is 10.2. The van der Waals surface area contributed by atoms with Crippen molar-refractivity contribution in [1.29, 1.82) is 0 Å². The zero-order valence-electron chi connectivity index (χ0n) is 15.2. The van der Waals surface area contributed by atoms with Crippen molar-refractivity contribution in [3.05, 3.63) is 65.9 Å². The summed E-state index contributed by atoms with van der Waals surface area (Å²) in [6.45, 7) is 3.73. The molecular weight excluding hydrogens is 344 g/mol. The van der Waals surface area contributed by atoms with Crippen LogP contribution in [0.1, 0.15) is 21.6 Å². The number of rotatable bonds is 4. The number of carbonyl (C=O) groups is 1. The van der Waals surface area contributed by atoms with E-state index in [1.807, 2.05) is 43.5 Å². The fourth-order valence-electron chi connectivity index (χ4n) is 2.97. The van der Waals surface area contributed by atoms with Gasteiger partial charge in [0.1, 0.15) is 11.9 Å². The van der Waals surface area contributed by atoms with Crippen LogP contribution in [0.15, 0.2) is 49.1 Å². The number of amides is 1. The Labute approximate surface area is 155 Å². The van der Waals surface area contributed by atoms with Gasteiger partial charge >= 0.3 is 0 Å². The van der Waals surface area contributed by atoms with Crippen LogP contribution in [0.2, 0.25) is 0 Å². The van der Waals surface area contributed by atoms with Gasteiger partial charge in [0, 0.05) is 13.2 Å². The molecule has 0 saturated heterocycles. The first-order chi connectivity index (χ1) is 13.0. The van der Waals surface area contributed by atoms with Crippen LogP contribution in [0.4, 0.5) is 5.95 Å². The second-order valence-corrected chi connectivity index (χ2v) is 6.18. The minimum absolute atomic E-state index is 0.325. The van der Waals surface area contributed by atoms with Crippen molar-refractivity contribution in [2.75, 3.05) is 5.32 Å². The van der Waals surface area contributed by atoms with Crippen LogP contribution in [0, 0.1) is 13.8 Å². The van der Waals surface area contributed by atoms with E-state index in [1.165, 1.54) is 0 Å². The minimum atomic E-state index is -0.325. The molecule has 0 saturated carbocycles. The fourth-order valence-corrected chi connectivity index (χ4v) is 2.97. The molecule has 0 unspecified atom stereocenters. The first kappa shape index (κ1) is 16.7. The number of para-hydroxylation sites is 1. The number of nitrogens with one attached hydrogen (secondary N) is 1. The molecule has 9 nitrogen and oxygen atoms in total. The van der Waals surface area contributed by atoms with Gasteiger partial charge in [-0.3, -0.25) is 14.7 Å². The number of hydrogen-bond donors (Lipinski definition) is 1. The van der Waals surface area contributed by atoms with E-state index in [4.69, 9.17) is 0 Å². The van der Waals surface area contributed by atoms with Crippen molar-refractivity contribution in [3.8, 4) is 11.5 Å². The molecule has 0 spiro atoms. The van der Waals surface area contributed by atoms with Crippen molar-refractivity contribution in [2.45, 2.75) is 13.8 Å². The van der Waals surface area contributed by atoms with Crippen molar-refractivity contribution in [1.82, 2.24) is 34.3 Å². The molecule has 1 N–H and O–H groups in total. The standard InChI is InChI=1S/C18H18N8O/c1-12-9-20-26(10-12)17-15(13(2)23-24(17)3)16(27)21-18-22-19-11-25(18)14-7-5-4-6-8-14/h4-11H,1-3H3,(H,21,22,27). The highest BCUT2D eigenvalue weighted by atomic mass is 16.2. The highest BCUT2D eigenvalue weighted by Gasteiger charge is 2.23. The van der Waals surface area contributed by atoms with Gasteiger partial charge in [-0.1, -0.05) is 18.2 Å². The molecule has 0 radical (unpaired) electrons. The number of anilines is 1. The number of aryl methyl sites for hydroxylation is 3. The van der Waals surface area contributed by atoms with E-state index in [2.05, 4.69) is 25.7 Å². The molecule has 27 heavy (non-hydrogen) atoms. The van der Waals surface area contributed by atoms with Gasteiger partial charge in [0.2, 0.25) is 5.95 Å². The van der Waals surface area contributed by atoms with Gasteiger partial charge in [0.15, 0.2) is 5.82 Å². The molecule has 0 aliphatic carbocycles. The smallest absolute Gasteiger partial charge is 0.263 e. The Morgan fingerprint density at radius 1 is 1.15 bits per heavy atom. The summed E-state index contributed by atoms with van der Waals surface area (Å²) in [5.41, 5.74) is 2.87. The van der Waals surface area contributed by atoms with Gasteiger partial charge in [0.25, 0.3) is 5.91 Å². The summed E-state index contributed by atoms with van der Waals surface area (Å²) < 4.78 is 4.99. The summed E-state index contributed by atoms with van der Waals surface area (Å²) in [5, 5.41) is 19.5. The molecule has 0 aliphatic rings. The first-order valence-electron chi connectivity index (χ1n) is 8.36. The maximum absolute atomic E-state index is 13.0. The van der Waals surface area contributed by atoms with E-state index >= 15 is 0 Å². The quantitative estimate of drug-likeness (QED) is 0.599.